The molecule has 0 spiro atoms. The summed E-state index contributed by atoms with van der Waals surface area (Å²) in [7, 11) is 0. The number of rotatable bonds is 3. The quantitative estimate of drug-likeness (QED) is 0.897. The molecule has 0 amide bonds. The normalized spacial score (nSPS) is 23.3. The molecule has 2 N–H and O–H groups in total. The van der Waals surface area contributed by atoms with E-state index < -0.39 is 0 Å². The van der Waals surface area contributed by atoms with E-state index in [1.807, 2.05) is 6.92 Å². The van der Waals surface area contributed by atoms with Gasteiger partial charge in [-0.15, -0.1) is 11.3 Å². The summed E-state index contributed by atoms with van der Waals surface area (Å²) in [6.07, 6.45) is 5.17. The lowest BCUT2D eigenvalue weighted by molar-refractivity contribution is 0.154. The van der Waals surface area contributed by atoms with E-state index in [1.165, 1.54) is 37.1 Å². The van der Waals surface area contributed by atoms with Crippen LogP contribution in [0.2, 0.25) is 0 Å². The second kappa shape index (κ2) is 6.58. The van der Waals surface area contributed by atoms with Gasteiger partial charge in [-0.3, -0.25) is 9.69 Å². The number of aromatic amines is 1. The first kappa shape index (κ1) is 16.2. The largest absolute Gasteiger partial charge is 0.314 e. The van der Waals surface area contributed by atoms with Crippen LogP contribution in [0.4, 0.5) is 0 Å². The Morgan fingerprint density at radius 3 is 2.75 bits per heavy atom. The highest BCUT2D eigenvalue weighted by Gasteiger charge is 2.28. The Bertz CT molecular complexity index is 782. The molecule has 130 valence electrons. The maximum Gasteiger partial charge on any atom is 0.259 e. The number of thiophene rings is 1. The van der Waals surface area contributed by atoms with Crippen molar-refractivity contribution in [3.8, 4) is 0 Å². The Labute approximate surface area is 146 Å². The molecule has 0 aliphatic carbocycles. The standard InChI is InChI=1S/C18H26N4OS/c1-11-12(2)24-18-16(11)17(23)20-15(21-18)10-22-8-5-13(6-9-22)14-4-3-7-19-14/h13-14,19H,3-10H2,1-2H3,(H,20,21,23). The zero-order valence-corrected chi connectivity index (χ0v) is 15.3. The molecule has 24 heavy (non-hydrogen) atoms. The number of likely N-dealkylation sites (tertiary alicyclic amines) is 1. The minimum Gasteiger partial charge on any atom is -0.314 e. The van der Waals surface area contributed by atoms with Gasteiger partial charge >= 0.3 is 0 Å². The average molecular weight is 347 g/mol. The van der Waals surface area contributed by atoms with Crippen LogP contribution in [0.25, 0.3) is 10.2 Å². The molecule has 2 saturated heterocycles. The van der Waals surface area contributed by atoms with E-state index in [0.29, 0.717) is 0 Å². The summed E-state index contributed by atoms with van der Waals surface area (Å²) < 4.78 is 0. The number of fused-ring (bicyclic) bond motifs is 1. The van der Waals surface area contributed by atoms with Crippen molar-refractivity contribution >= 4 is 21.6 Å². The summed E-state index contributed by atoms with van der Waals surface area (Å²) in [6.45, 7) is 8.22. The molecule has 1 unspecified atom stereocenters. The molecule has 4 heterocycles. The molecule has 6 heteroatoms. The predicted molar refractivity (Wildman–Crippen MR) is 98.7 cm³/mol. The van der Waals surface area contributed by atoms with Gasteiger partial charge in [0.1, 0.15) is 10.7 Å². The van der Waals surface area contributed by atoms with Crippen LogP contribution in [0, 0.1) is 19.8 Å². The van der Waals surface area contributed by atoms with Crippen molar-refractivity contribution in [3.63, 3.8) is 0 Å². The minimum absolute atomic E-state index is 0.0156. The number of hydrogen-bond acceptors (Lipinski definition) is 5. The van der Waals surface area contributed by atoms with Crippen molar-refractivity contribution < 1.29 is 0 Å². The molecule has 4 rings (SSSR count). The van der Waals surface area contributed by atoms with Crippen molar-refractivity contribution in [2.75, 3.05) is 19.6 Å². The summed E-state index contributed by atoms with van der Waals surface area (Å²) >= 11 is 1.63. The number of nitrogens with one attached hydrogen (secondary N) is 2. The van der Waals surface area contributed by atoms with Gasteiger partial charge in [-0.05, 0) is 70.6 Å². The Morgan fingerprint density at radius 2 is 2.04 bits per heavy atom. The molecule has 2 aromatic heterocycles. The molecule has 5 nitrogen and oxygen atoms in total. The number of piperidine rings is 1. The first-order chi connectivity index (χ1) is 11.6. The maximum atomic E-state index is 12.4. The Morgan fingerprint density at radius 1 is 1.25 bits per heavy atom. The number of aryl methyl sites for hydroxylation is 2. The SMILES string of the molecule is Cc1sc2nc(CN3CCC(C4CCCN4)CC3)[nH]c(=O)c2c1C. The smallest absolute Gasteiger partial charge is 0.259 e. The van der Waals surface area contributed by atoms with Crippen LogP contribution in [0.1, 0.15) is 41.9 Å². The monoisotopic (exact) mass is 346 g/mol. The summed E-state index contributed by atoms with van der Waals surface area (Å²) in [5, 5.41) is 4.42. The number of hydrogen-bond donors (Lipinski definition) is 2. The Kier molecular flexibility index (Phi) is 4.45. The molecule has 2 aromatic rings. The van der Waals surface area contributed by atoms with Crippen LogP contribution in [0.15, 0.2) is 4.79 Å². The third-order valence-corrected chi connectivity index (χ3v) is 6.86. The van der Waals surface area contributed by atoms with Crippen molar-refractivity contribution in [2.24, 2.45) is 5.92 Å². The van der Waals surface area contributed by atoms with Crippen LogP contribution in [0.5, 0.6) is 0 Å². The van der Waals surface area contributed by atoms with Gasteiger partial charge in [0.15, 0.2) is 0 Å². The Hall–Kier alpha value is -1.24. The lowest BCUT2D eigenvalue weighted by Crippen LogP contribution is -2.40. The molecular weight excluding hydrogens is 320 g/mol. The van der Waals surface area contributed by atoms with E-state index in [1.54, 1.807) is 11.3 Å². The third kappa shape index (κ3) is 3.03. The highest BCUT2D eigenvalue weighted by atomic mass is 32.1. The first-order valence-corrected chi connectivity index (χ1v) is 9.88. The summed E-state index contributed by atoms with van der Waals surface area (Å²) in [6, 6.07) is 0.735. The second-order valence-corrected chi connectivity index (χ2v) is 8.50. The highest BCUT2D eigenvalue weighted by Crippen LogP contribution is 2.27. The average Bonchev–Trinajstić information content (AvgIpc) is 3.18. The highest BCUT2D eigenvalue weighted by molar-refractivity contribution is 7.18. The fourth-order valence-corrected chi connectivity index (χ4v) is 5.26. The van der Waals surface area contributed by atoms with Crippen molar-refractivity contribution in [1.29, 1.82) is 0 Å². The van der Waals surface area contributed by atoms with Crippen LogP contribution in [-0.2, 0) is 6.54 Å². The molecule has 0 saturated carbocycles. The molecular formula is C18H26N4OS. The van der Waals surface area contributed by atoms with E-state index in [9.17, 15) is 4.79 Å². The zero-order chi connectivity index (χ0) is 16.7. The van der Waals surface area contributed by atoms with Gasteiger partial charge < -0.3 is 10.3 Å². The van der Waals surface area contributed by atoms with E-state index in [-0.39, 0.29) is 5.56 Å². The lowest BCUT2D eigenvalue weighted by Gasteiger charge is -2.34. The van der Waals surface area contributed by atoms with Crippen LogP contribution in [-0.4, -0.2) is 40.5 Å². The minimum atomic E-state index is 0.0156. The lowest BCUT2D eigenvalue weighted by atomic mass is 9.88. The Balaban J connectivity index is 1.44. The molecule has 0 aromatic carbocycles. The van der Waals surface area contributed by atoms with Gasteiger partial charge in [0, 0.05) is 10.9 Å². The molecule has 2 fully saturated rings. The maximum absolute atomic E-state index is 12.4. The molecule has 0 radical (unpaired) electrons. The van der Waals surface area contributed by atoms with E-state index >= 15 is 0 Å². The number of nitrogens with zero attached hydrogens (tertiary/aromatic N) is 2. The first-order valence-electron chi connectivity index (χ1n) is 9.06. The number of aromatic nitrogens is 2. The van der Waals surface area contributed by atoms with Crippen LogP contribution < -0.4 is 10.9 Å². The molecule has 0 bridgehead atoms. The van der Waals surface area contributed by atoms with E-state index in [0.717, 1.165) is 53.2 Å². The fraction of sp³-hybridized carbons (Fsp3) is 0.667. The summed E-state index contributed by atoms with van der Waals surface area (Å²) in [5.74, 6) is 1.63. The van der Waals surface area contributed by atoms with Gasteiger partial charge in [-0.25, -0.2) is 4.98 Å². The van der Waals surface area contributed by atoms with Gasteiger partial charge in [-0.1, -0.05) is 0 Å². The van der Waals surface area contributed by atoms with Gasteiger partial charge in [-0.2, -0.15) is 0 Å². The van der Waals surface area contributed by atoms with Gasteiger partial charge in [0.25, 0.3) is 5.56 Å². The van der Waals surface area contributed by atoms with Crippen LogP contribution in [0.3, 0.4) is 0 Å². The number of H-pyrrole nitrogens is 1. The van der Waals surface area contributed by atoms with Gasteiger partial charge in [0.2, 0.25) is 0 Å². The van der Waals surface area contributed by atoms with Crippen molar-refractivity contribution in [2.45, 2.75) is 52.1 Å². The third-order valence-electron chi connectivity index (χ3n) is 5.76. The zero-order valence-electron chi connectivity index (χ0n) is 14.5. The van der Waals surface area contributed by atoms with Crippen molar-refractivity contribution in [1.82, 2.24) is 20.2 Å². The van der Waals surface area contributed by atoms with Crippen molar-refractivity contribution in [3.05, 3.63) is 26.6 Å². The van der Waals surface area contributed by atoms with E-state index in [4.69, 9.17) is 4.98 Å². The summed E-state index contributed by atoms with van der Waals surface area (Å²) in [4.78, 5) is 24.6. The summed E-state index contributed by atoms with van der Waals surface area (Å²) in [5.41, 5.74) is 1.09. The fourth-order valence-electron chi connectivity index (χ4n) is 4.21. The molecule has 1 atom stereocenters. The predicted octanol–water partition coefficient (Wildman–Crippen LogP) is 2.57. The van der Waals surface area contributed by atoms with Crippen LogP contribution >= 0.6 is 11.3 Å². The molecule has 2 aliphatic heterocycles. The van der Waals surface area contributed by atoms with E-state index in [2.05, 4.69) is 22.1 Å². The molecule has 2 aliphatic rings. The topological polar surface area (TPSA) is 61.0 Å². The second-order valence-electron chi connectivity index (χ2n) is 7.29. The van der Waals surface area contributed by atoms with Gasteiger partial charge in [0.05, 0.1) is 11.9 Å².